The highest BCUT2D eigenvalue weighted by Gasteiger charge is 2.28. The number of rotatable bonds is 3. The van der Waals surface area contributed by atoms with E-state index in [2.05, 4.69) is 26.4 Å². The highest BCUT2D eigenvalue weighted by atomic mass is 16.2. The molecule has 0 fully saturated rings. The van der Waals surface area contributed by atoms with E-state index in [1.54, 1.807) is 12.4 Å². The highest BCUT2D eigenvalue weighted by molar-refractivity contribution is 5.79. The van der Waals surface area contributed by atoms with Crippen LogP contribution in [0.4, 0.5) is 5.95 Å². The molecule has 0 radical (unpaired) electrons. The van der Waals surface area contributed by atoms with Crippen LogP contribution in [0.15, 0.2) is 36.8 Å². The van der Waals surface area contributed by atoms with Crippen molar-refractivity contribution in [2.45, 2.75) is 25.9 Å². The average Bonchev–Trinajstić information content (AvgIpc) is 3.25. The molecule has 2 aromatic rings. The first kappa shape index (κ1) is 14.9. The molecule has 1 amide bonds. The Kier molecular flexibility index (Phi) is 3.76. The number of hydrogen-bond donors (Lipinski definition) is 0. The van der Waals surface area contributed by atoms with Crippen LogP contribution < -0.4 is 4.90 Å². The van der Waals surface area contributed by atoms with Crippen molar-refractivity contribution in [3.05, 3.63) is 48.3 Å². The van der Waals surface area contributed by atoms with Crippen molar-refractivity contribution in [2.24, 2.45) is 0 Å². The Morgan fingerprint density at radius 3 is 2.71 bits per heavy atom. The second-order valence-corrected chi connectivity index (χ2v) is 6.15. The van der Waals surface area contributed by atoms with Crippen molar-refractivity contribution in [1.29, 1.82) is 0 Å². The van der Waals surface area contributed by atoms with E-state index in [-0.39, 0.29) is 11.9 Å². The molecule has 2 aliphatic heterocycles. The molecule has 24 heavy (non-hydrogen) atoms. The molecule has 4 rings (SSSR count). The Balaban J connectivity index is 1.51. The summed E-state index contributed by atoms with van der Waals surface area (Å²) in [5.74, 6) is 1.82. The molecule has 1 atom stereocenters. The third-order valence-corrected chi connectivity index (χ3v) is 4.59. The molecule has 0 unspecified atom stereocenters. The molecule has 4 heterocycles. The van der Waals surface area contributed by atoms with Gasteiger partial charge in [-0.15, -0.1) is 0 Å². The lowest BCUT2D eigenvalue weighted by molar-refractivity contribution is -0.129. The van der Waals surface area contributed by atoms with Crippen molar-refractivity contribution >= 4 is 11.9 Å². The number of imidazole rings is 1. The van der Waals surface area contributed by atoms with Gasteiger partial charge in [-0.05, 0) is 13.0 Å². The normalized spacial score (nSPS) is 19.6. The zero-order chi connectivity index (χ0) is 16.5. The first-order chi connectivity index (χ1) is 11.7. The summed E-state index contributed by atoms with van der Waals surface area (Å²) in [6.07, 6.45) is 9.92. The second kappa shape index (κ2) is 6.07. The summed E-state index contributed by atoms with van der Waals surface area (Å²) in [5, 5.41) is 0. The fourth-order valence-corrected chi connectivity index (χ4v) is 3.29. The van der Waals surface area contributed by atoms with Crippen LogP contribution in [-0.4, -0.2) is 50.0 Å². The van der Waals surface area contributed by atoms with Crippen LogP contribution in [0.2, 0.25) is 0 Å². The number of carbonyl (C=O) groups is 1. The number of nitrogens with zero attached hydrogens (tertiary/aromatic N) is 6. The summed E-state index contributed by atoms with van der Waals surface area (Å²) < 4.78 is 2.15. The maximum Gasteiger partial charge on any atom is 0.229 e. The fraction of sp³-hybridized carbons (Fsp3) is 0.412. The Morgan fingerprint density at radius 2 is 1.96 bits per heavy atom. The monoisotopic (exact) mass is 324 g/mol. The summed E-state index contributed by atoms with van der Waals surface area (Å²) in [6.45, 7) is 5.18. The van der Waals surface area contributed by atoms with Crippen LogP contribution in [0.5, 0.6) is 0 Å². The van der Waals surface area contributed by atoms with Crippen LogP contribution in [0, 0.1) is 0 Å². The highest BCUT2D eigenvalue weighted by Crippen LogP contribution is 2.27. The zero-order valence-electron chi connectivity index (χ0n) is 13.7. The van der Waals surface area contributed by atoms with Gasteiger partial charge < -0.3 is 14.4 Å². The van der Waals surface area contributed by atoms with Gasteiger partial charge in [0.2, 0.25) is 11.9 Å². The van der Waals surface area contributed by atoms with E-state index in [1.807, 2.05) is 29.3 Å². The number of fused-ring (bicyclic) bond motifs is 1. The third-order valence-electron chi connectivity index (χ3n) is 4.59. The molecule has 2 aliphatic rings. The van der Waals surface area contributed by atoms with Crippen LogP contribution in [0.25, 0.3) is 0 Å². The largest absolute Gasteiger partial charge is 0.335 e. The number of hydrogen-bond acceptors (Lipinski definition) is 5. The summed E-state index contributed by atoms with van der Waals surface area (Å²) in [7, 11) is 0. The van der Waals surface area contributed by atoms with Crippen molar-refractivity contribution in [3.8, 4) is 0 Å². The summed E-state index contributed by atoms with van der Waals surface area (Å²) in [6, 6.07) is 1.90. The van der Waals surface area contributed by atoms with Gasteiger partial charge in [-0.25, -0.2) is 15.0 Å². The number of carbonyl (C=O) groups excluding carboxylic acids is 1. The van der Waals surface area contributed by atoms with Gasteiger partial charge in [0, 0.05) is 44.8 Å². The van der Waals surface area contributed by atoms with Gasteiger partial charge in [-0.2, -0.15) is 0 Å². The van der Waals surface area contributed by atoms with E-state index in [0.29, 0.717) is 19.5 Å². The van der Waals surface area contributed by atoms with E-state index < -0.39 is 0 Å². The molecule has 2 aromatic heterocycles. The molecule has 0 saturated heterocycles. The molecular weight excluding hydrogens is 304 g/mol. The Bertz CT molecular complexity index is 761. The predicted molar refractivity (Wildman–Crippen MR) is 89.4 cm³/mol. The van der Waals surface area contributed by atoms with E-state index in [0.717, 1.165) is 30.6 Å². The van der Waals surface area contributed by atoms with Gasteiger partial charge in [-0.1, -0.05) is 12.2 Å². The minimum absolute atomic E-state index is 0.0819. The van der Waals surface area contributed by atoms with E-state index in [1.165, 1.54) is 0 Å². The zero-order valence-corrected chi connectivity index (χ0v) is 13.7. The van der Waals surface area contributed by atoms with Crippen molar-refractivity contribution in [3.63, 3.8) is 0 Å². The topological polar surface area (TPSA) is 67.2 Å². The second-order valence-electron chi connectivity index (χ2n) is 6.15. The Hall–Kier alpha value is -2.70. The Morgan fingerprint density at radius 1 is 1.21 bits per heavy atom. The lowest BCUT2D eigenvalue weighted by Gasteiger charge is -2.33. The smallest absolute Gasteiger partial charge is 0.229 e. The van der Waals surface area contributed by atoms with Gasteiger partial charge in [0.1, 0.15) is 5.82 Å². The molecule has 7 nitrogen and oxygen atoms in total. The molecule has 0 saturated carbocycles. The molecule has 0 aliphatic carbocycles. The Labute approximate surface area is 140 Å². The summed E-state index contributed by atoms with van der Waals surface area (Å²) in [4.78, 5) is 29.7. The number of amides is 1. The lowest BCUT2D eigenvalue weighted by Crippen LogP contribution is -2.37. The minimum atomic E-state index is 0.0819. The lowest BCUT2D eigenvalue weighted by atomic mass is 10.2. The SMILES string of the molecule is C[C@@H]1c2nc(CC(=O)N3CC=CC3)cn2CCN1c1ncccn1. The van der Waals surface area contributed by atoms with Gasteiger partial charge in [0.25, 0.3) is 0 Å². The maximum atomic E-state index is 12.3. The molecule has 7 heteroatoms. The molecular formula is C17H20N6O. The van der Waals surface area contributed by atoms with Crippen molar-refractivity contribution in [2.75, 3.05) is 24.5 Å². The first-order valence-electron chi connectivity index (χ1n) is 8.25. The molecule has 124 valence electrons. The van der Waals surface area contributed by atoms with Crippen LogP contribution in [-0.2, 0) is 17.8 Å². The number of anilines is 1. The molecule has 0 aromatic carbocycles. The quantitative estimate of drug-likeness (QED) is 0.794. The fourth-order valence-electron chi connectivity index (χ4n) is 3.29. The summed E-state index contributed by atoms with van der Waals surface area (Å²) >= 11 is 0. The average molecular weight is 324 g/mol. The summed E-state index contributed by atoms with van der Waals surface area (Å²) in [5.41, 5.74) is 0.838. The van der Waals surface area contributed by atoms with Crippen molar-refractivity contribution < 1.29 is 4.79 Å². The van der Waals surface area contributed by atoms with Gasteiger partial charge >= 0.3 is 0 Å². The van der Waals surface area contributed by atoms with E-state index in [9.17, 15) is 4.79 Å². The van der Waals surface area contributed by atoms with Gasteiger partial charge in [0.15, 0.2) is 0 Å². The van der Waals surface area contributed by atoms with Crippen LogP contribution in [0.1, 0.15) is 24.5 Å². The van der Waals surface area contributed by atoms with E-state index in [4.69, 9.17) is 4.98 Å². The first-order valence-corrected chi connectivity index (χ1v) is 8.25. The van der Waals surface area contributed by atoms with Crippen LogP contribution >= 0.6 is 0 Å². The van der Waals surface area contributed by atoms with E-state index >= 15 is 0 Å². The number of aromatic nitrogens is 4. The maximum absolute atomic E-state index is 12.3. The van der Waals surface area contributed by atoms with Gasteiger partial charge in [0.05, 0.1) is 18.2 Å². The third kappa shape index (κ3) is 2.66. The molecule has 0 N–H and O–H groups in total. The predicted octanol–water partition coefficient (Wildman–Crippen LogP) is 1.20. The standard InChI is InChI=1S/C17H20N6O/c1-13-16-20-14(11-15(24)21-7-2-3-8-21)12-22(16)9-10-23(13)17-18-5-4-6-19-17/h2-6,12-13H,7-11H2,1H3/t13-/m1/s1. The minimum Gasteiger partial charge on any atom is -0.335 e. The van der Waals surface area contributed by atoms with Gasteiger partial charge in [-0.3, -0.25) is 4.79 Å². The molecule has 0 spiro atoms. The van der Waals surface area contributed by atoms with Crippen LogP contribution in [0.3, 0.4) is 0 Å². The van der Waals surface area contributed by atoms with Crippen molar-refractivity contribution in [1.82, 2.24) is 24.4 Å². The molecule has 0 bridgehead atoms.